The van der Waals surface area contributed by atoms with Crippen molar-refractivity contribution in [1.82, 2.24) is 4.98 Å². The van der Waals surface area contributed by atoms with Crippen molar-refractivity contribution in [3.05, 3.63) is 53.6 Å². The number of cyclic esters (lactones) is 2. The maximum atomic E-state index is 12.2. The maximum absolute atomic E-state index is 12.2. The number of phenols is 1. The Morgan fingerprint density at radius 2 is 1.61 bits per heavy atom. The molecule has 110 valence electrons. The zero-order valence-electron chi connectivity index (χ0n) is 11.7. The Morgan fingerprint density at radius 3 is 2.43 bits per heavy atom. The number of aromatic nitrogens is 1. The highest BCUT2D eigenvalue weighted by atomic mass is 16.6. The summed E-state index contributed by atoms with van der Waals surface area (Å²) < 4.78 is 4.84. The highest BCUT2D eigenvalue weighted by molar-refractivity contribution is 6.33. The molecular formula is C18H9NO4. The van der Waals surface area contributed by atoms with Crippen molar-refractivity contribution >= 4 is 44.5 Å². The summed E-state index contributed by atoms with van der Waals surface area (Å²) in [5.74, 6) is -1.18. The number of H-pyrrole nitrogens is 1. The third-order valence-corrected chi connectivity index (χ3v) is 4.34. The van der Waals surface area contributed by atoms with Crippen LogP contribution in [0.3, 0.4) is 0 Å². The van der Waals surface area contributed by atoms with Crippen molar-refractivity contribution in [3.63, 3.8) is 0 Å². The van der Waals surface area contributed by atoms with Crippen molar-refractivity contribution in [2.45, 2.75) is 0 Å². The predicted molar refractivity (Wildman–Crippen MR) is 84.7 cm³/mol. The zero-order chi connectivity index (χ0) is 15.7. The second-order valence-corrected chi connectivity index (χ2v) is 5.58. The Kier molecular flexibility index (Phi) is 2.07. The van der Waals surface area contributed by atoms with Crippen LogP contribution in [0.4, 0.5) is 0 Å². The zero-order valence-corrected chi connectivity index (χ0v) is 11.7. The number of phenolic OH excluding ortho intramolecular Hbond substituents is 1. The van der Waals surface area contributed by atoms with E-state index in [9.17, 15) is 14.7 Å². The van der Waals surface area contributed by atoms with Crippen molar-refractivity contribution in [2.24, 2.45) is 0 Å². The molecule has 0 fully saturated rings. The number of benzene rings is 3. The van der Waals surface area contributed by atoms with Crippen LogP contribution < -0.4 is 0 Å². The second-order valence-electron chi connectivity index (χ2n) is 5.58. The molecule has 23 heavy (non-hydrogen) atoms. The Hall–Kier alpha value is -3.34. The minimum atomic E-state index is -0.648. The average molecular weight is 303 g/mol. The Bertz CT molecular complexity index is 1190. The fourth-order valence-corrected chi connectivity index (χ4v) is 3.42. The molecule has 2 heterocycles. The van der Waals surface area contributed by atoms with E-state index in [-0.39, 0.29) is 11.3 Å². The summed E-state index contributed by atoms with van der Waals surface area (Å²) >= 11 is 0. The number of carbonyl (C=O) groups excluding carboxylic acids is 2. The van der Waals surface area contributed by atoms with Crippen molar-refractivity contribution in [2.75, 3.05) is 0 Å². The molecule has 0 atom stereocenters. The number of aromatic amines is 1. The molecule has 2 N–H and O–H groups in total. The van der Waals surface area contributed by atoms with E-state index in [0.29, 0.717) is 21.7 Å². The van der Waals surface area contributed by atoms with E-state index < -0.39 is 11.9 Å². The standard InChI is InChI=1S/C18H9NO4/c20-8-5-6-12-11(7-8)13-15-14(17(21)23-18(15)22)9-3-1-2-4-10(9)16(13)19-12/h1-7,19-20H. The fraction of sp³-hybridized carbons (Fsp3) is 0. The first-order chi connectivity index (χ1) is 11.1. The molecule has 0 spiro atoms. The molecule has 0 saturated heterocycles. The highest BCUT2D eigenvalue weighted by Gasteiger charge is 2.35. The van der Waals surface area contributed by atoms with Crippen molar-refractivity contribution in [3.8, 4) is 5.75 Å². The number of esters is 2. The molecule has 1 aromatic heterocycles. The molecule has 0 unspecified atom stereocenters. The third kappa shape index (κ3) is 1.41. The van der Waals surface area contributed by atoms with E-state index in [1.807, 2.05) is 18.2 Å². The lowest BCUT2D eigenvalue weighted by Gasteiger charge is -2.04. The van der Waals surface area contributed by atoms with Gasteiger partial charge in [-0.2, -0.15) is 0 Å². The Morgan fingerprint density at radius 1 is 0.870 bits per heavy atom. The van der Waals surface area contributed by atoms with Gasteiger partial charge in [-0.15, -0.1) is 0 Å². The van der Waals surface area contributed by atoms with Gasteiger partial charge < -0.3 is 14.8 Å². The van der Waals surface area contributed by atoms with Gasteiger partial charge in [-0.3, -0.25) is 0 Å². The maximum Gasteiger partial charge on any atom is 0.347 e. The van der Waals surface area contributed by atoms with Gasteiger partial charge in [0.25, 0.3) is 0 Å². The summed E-state index contributed by atoms with van der Waals surface area (Å²) in [6.07, 6.45) is 0. The first-order valence-electron chi connectivity index (χ1n) is 7.11. The lowest BCUT2D eigenvalue weighted by Crippen LogP contribution is -1.97. The number of carbonyl (C=O) groups is 2. The lowest BCUT2D eigenvalue weighted by molar-refractivity contribution is 0.0445. The molecular weight excluding hydrogens is 294 g/mol. The molecule has 5 heteroatoms. The monoisotopic (exact) mass is 303 g/mol. The van der Waals surface area contributed by atoms with Gasteiger partial charge in [0.1, 0.15) is 5.75 Å². The average Bonchev–Trinajstić information content (AvgIpc) is 3.05. The number of ether oxygens (including phenoxy) is 1. The fourth-order valence-electron chi connectivity index (χ4n) is 3.42. The molecule has 1 aliphatic rings. The Labute approximate surface area is 129 Å². The minimum absolute atomic E-state index is 0.0954. The number of aromatic hydroxyl groups is 1. The van der Waals surface area contributed by atoms with E-state index in [1.165, 1.54) is 0 Å². The normalized spacial score (nSPS) is 13.9. The topological polar surface area (TPSA) is 79.4 Å². The van der Waals surface area contributed by atoms with Crippen LogP contribution in [-0.4, -0.2) is 22.0 Å². The molecule has 3 aromatic carbocycles. The second kappa shape index (κ2) is 3.89. The number of fused-ring (bicyclic) bond motifs is 8. The molecule has 1 aliphatic heterocycles. The van der Waals surface area contributed by atoms with Gasteiger partial charge in [-0.05, 0) is 23.6 Å². The quantitative estimate of drug-likeness (QED) is 0.385. The smallest absolute Gasteiger partial charge is 0.347 e. The van der Waals surface area contributed by atoms with Gasteiger partial charge in [0.2, 0.25) is 0 Å². The summed E-state index contributed by atoms with van der Waals surface area (Å²) in [6, 6.07) is 12.3. The molecule has 0 bridgehead atoms. The van der Waals surface area contributed by atoms with Crippen LogP contribution in [-0.2, 0) is 4.74 Å². The summed E-state index contributed by atoms with van der Waals surface area (Å²) in [5, 5.41) is 12.6. The van der Waals surface area contributed by atoms with E-state index in [1.54, 1.807) is 24.3 Å². The Balaban J connectivity index is 2.18. The van der Waals surface area contributed by atoms with Crippen molar-refractivity contribution < 1.29 is 19.4 Å². The lowest BCUT2D eigenvalue weighted by atomic mass is 9.95. The van der Waals surface area contributed by atoms with Crippen molar-refractivity contribution in [1.29, 1.82) is 0 Å². The third-order valence-electron chi connectivity index (χ3n) is 4.34. The molecule has 0 aliphatic carbocycles. The first-order valence-corrected chi connectivity index (χ1v) is 7.11. The van der Waals surface area contributed by atoms with Gasteiger partial charge in [0.05, 0.1) is 16.6 Å². The number of nitrogens with one attached hydrogen (secondary N) is 1. The number of hydrogen-bond acceptors (Lipinski definition) is 4. The predicted octanol–water partition coefficient (Wildman–Crippen LogP) is 3.49. The van der Waals surface area contributed by atoms with Gasteiger partial charge in [0, 0.05) is 21.7 Å². The van der Waals surface area contributed by atoms with Gasteiger partial charge in [-0.25, -0.2) is 9.59 Å². The summed E-state index contributed by atoms with van der Waals surface area (Å²) in [6.45, 7) is 0. The van der Waals surface area contributed by atoms with Gasteiger partial charge >= 0.3 is 11.9 Å². The van der Waals surface area contributed by atoms with E-state index in [2.05, 4.69) is 4.98 Å². The molecule has 0 amide bonds. The largest absolute Gasteiger partial charge is 0.508 e. The molecule has 0 saturated carbocycles. The number of hydrogen-bond donors (Lipinski definition) is 2. The molecule has 5 rings (SSSR count). The van der Waals surface area contributed by atoms with Gasteiger partial charge in [-0.1, -0.05) is 24.3 Å². The SMILES string of the molecule is O=C1OC(=O)c2c1c1ccccc1c1[nH]c3ccc(O)cc3c21. The molecule has 4 aromatic rings. The first kappa shape index (κ1) is 12.2. The van der Waals surface area contributed by atoms with Gasteiger partial charge in [0.15, 0.2) is 0 Å². The van der Waals surface area contributed by atoms with Crippen LogP contribution in [0.25, 0.3) is 32.6 Å². The minimum Gasteiger partial charge on any atom is -0.508 e. The van der Waals surface area contributed by atoms with Crippen LogP contribution >= 0.6 is 0 Å². The van der Waals surface area contributed by atoms with E-state index in [4.69, 9.17) is 4.74 Å². The summed E-state index contributed by atoms with van der Waals surface area (Å²) in [5.41, 5.74) is 2.10. The summed E-state index contributed by atoms with van der Waals surface area (Å²) in [7, 11) is 0. The van der Waals surface area contributed by atoms with Crippen LogP contribution in [0.1, 0.15) is 20.7 Å². The van der Waals surface area contributed by atoms with E-state index in [0.717, 1.165) is 16.4 Å². The molecule has 0 radical (unpaired) electrons. The van der Waals surface area contributed by atoms with Crippen LogP contribution in [0.5, 0.6) is 5.75 Å². The van der Waals surface area contributed by atoms with Crippen LogP contribution in [0, 0.1) is 0 Å². The molecule has 5 nitrogen and oxygen atoms in total. The van der Waals surface area contributed by atoms with E-state index >= 15 is 0 Å². The summed E-state index contributed by atoms with van der Waals surface area (Å²) in [4.78, 5) is 27.7. The number of rotatable bonds is 0. The van der Waals surface area contributed by atoms with Crippen LogP contribution in [0.15, 0.2) is 42.5 Å². The van der Waals surface area contributed by atoms with Crippen LogP contribution in [0.2, 0.25) is 0 Å². The highest BCUT2D eigenvalue weighted by Crippen LogP contribution is 2.40.